The molecule has 2 aromatic heterocycles. The molecule has 1 aliphatic rings. The maximum Gasteiger partial charge on any atom is 0.418 e. The van der Waals surface area contributed by atoms with Crippen LogP contribution in [0, 0.1) is 0 Å². The number of nitrogens with zero attached hydrogens (tertiary/aromatic N) is 2. The highest BCUT2D eigenvalue weighted by Crippen LogP contribution is 2.40. The van der Waals surface area contributed by atoms with Crippen LogP contribution >= 0.6 is 22.9 Å². The van der Waals surface area contributed by atoms with Gasteiger partial charge in [0.15, 0.2) is 6.61 Å². The first kappa shape index (κ1) is 18.9. The van der Waals surface area contributed by atoms with Gasteiger partial charge in [-0.3, -0.25) is 4.79 Å². The summed E-state index contributed by atoms with van der Waals surface area (Å²) >= 11 is 7.42. The Morgan fingerprint density at radius 2 is 2.11 bits per heavy atom. The Morgan fingerprint density at radius 3 is 2.89 bits per heavy atom. The second kappa shape index (κ2) is 7.21. The van der Waals surface area contributed by atoms with Gasteiger partial charge in [0, 0.05) is 4.88 Å². The SMILES string of the molecule is O=C(COc1ncnc2sc3c(c12)CCC3)Nc1c(Cl)cccc1C(F)(F)F. The number of halogens is 4. The van der Waals surface area contributed by atoms with E-state index in [9.17, 15) is 18.0 Å². The Labute approximate surface area is 166 Å². The molecule has 1 aromatic carbocycles. The van der Waals surface area contributed by atoms with E-state index in [1.807, 2.05) is 0 Å². The number of amides is 1. The number of ether oxygens (including phenoxy) is 1. The van der Waals surface area contributed by atoms with Crippen molar-refractivity contribution < 1.29 is 22.7 Å². The number of rotatable bonds is 4. The van der Waals surface area contributed by atoms with Crippen molar-refractivity contribution in [3.63, 3.8) is 0 Å². The van der Waals surface area contributed by atoms with Crippen molar-refractivity contribution in [2.24, 2.45) is 0 Å². The first-order chi connectivity index (χ1) is 13.3. The van der Waals surface area contributed by atoms with Crippen LogP contribution in [0.15, 0.2) is 24.5 Å². The van der Waals surface area contributed by atoms with Crippen molar-refractivity contribution in [2.45, 2.75) is 25.4 Å². The lowest BCUT2D eigenvalue weighted by atomic mass is 10.1. The van der Waals surface area contributed by atoms with Crippen molar-refractivity contribution in [3.05, 3.63) is 45.6 Å². The number of benzene rings is 1. The van der Waals surface area contributed by atoms with Crippen LogP contribution in [0.1, 0.15) is 22.4 Å². The minimum Gasteiger partial charge on any atom is -0.467 e. The molecular weight excluding hydrogens is 415 g/mol. The van der Waals surface area contributed by atoms with Gasteiger partial charge >= 0.3 is 6.18 Å². The molecule has 1 amide bonds. The quantitative estimate of drug-likeness (QED) is 0.645. The lowest BCUT2D eigenvalue weighted by Gasteiger charge is -2.15. The van der Waals surface area contributed by atoms with E-state index in [2.05, 4.69) is 15.3 Å². The van der Waals surface area contributed by atoms with Crippen molar-refractivity contribution in [1.82, 2.24) is 9.97 Å². The maximum atomic E-state index is 13.1. The number of para-hydroxylation sites is 1. The molecule has 3 aromatic rings. The largest absolute Gasteiger partial charge is 0.467 e. The number of hydrogen-bond donors (Lipinski definition) is 1. The fourth-order valence-corrected chi connectivity index (χ4v) is 4.65. The number of fused-ring (bicyclic) bond motifs is 3. The molecule has 0 unspecified atom stereocenters. The first-order valence-electron chi connectivity index (χ1n) is 8.38. The molecule has 4 rings (SSSR count). The molecule has 0 bridgehead atoms. The van der Waals surface area contributed by atoms with Gasteiger partial charge in [0.25, 0.3) is 5.91 Å². The molecule has 0 saturated carbocycles. The zero-order valence-electron chi connectivity index (χ0n) is 14.3. The minimum absolute atomic E-state index is 0.205. The summed E-state index contributed by atoms with van der Waals surface area (Å²) in [5, 5.41) is 2.77. The van der Waals surface area contributed by atoms with Crippen molar-refractivity contribution in [1.29, 1.82) is 0 Å². The number of hydrogen-bond acceptors (Lipinski definition) is 5. The van der Waals surface area contributed by atoms with Crippen LogP contribution in [0.4, 0.5) is 18.9 Å². The van der Waals surface area contributed by atoms with Gasteiger partial charge in [0.2, 0.25) is 5.88 Å². The van der Waals surface area contributed by atoms with Gasteiger partial charge in [-0.15, -0.1) is 11.3 Å². The number of nitrogens with one attached hydrogen (secondary N) is 1. The number of alkyl halides is 3. The van der Waals surface area contributed by atoms with Crippen LogP contribution in [0.5, 0.6) is 5.88 Å². The number of aryl methyl sites for hydroxylation is 2. The summed E-state index contributed by atoms with van der Waals surface area (Å²) in [6.07, 6.45) is -0.400. The summed E-state index contributed by atoms with van der Waals surface area (Å²) in [5.41, 5.74) is -0.385. The second-order valence-corrected chi connectivity index (χ2v) is 7.70. The Morgan fingerprint density at radius 1 is 1.29 bits per heavy atom. The summed E-state index contributed by atoms with van der Waals surface area (Å²) < 4.78 is 44.9. The average Bonchev–Trinajstić information content (AvgIpc) is 3.21. The average molecular weight is 428 g/mol. The molecule has 1 aliphatic carbocycles. The zero-order chi connectivity index (χ0) is 19.9. The highest BCUT2D eigenvalue weighted by molar-refractivity contribution is 7.18. The highest BCUT2D eigenvalue weighted by atomic mass is 35.5. The fourth-order valence-electron chi connectivity index (χ4n) is 3.21. The van der Waals surface area contributed by atoms with Gasteiger partial charge < -0.3 is 10.1 Å². The molecule has 28 heavy (non-hydrogen) atoms. The summed E-state index contributed by atoms with van der Waals surface area (Å²) in [6.45, 7) is -0.501. The third-order valence-electron chi connectivity index (χ3n) is 4.39. The smallest absolute Gasteiger partial charge is 0.418 e. The Balaban J connectivity index is 1.53. The number of carbonyl (C=O) groups is 1. The van der Waals surface area contributed by atoms with E-state index in [1.165, 1.54) is 23.3 Å². The van der Waals surface area contributed by atoms with E-state index in [0.29, 0.717) is 0 Å². The molecular formula is C18H13ClF3N3O2S. The van der Waals surface area contributed by atoms with Crippen LogP contribution in [0.25, 0.3) is 10.2 Å². The molecule has 0 fully saturated rings. The standard InChI is InChI=1S/C18H13ClF3N3O2S/c19-11-5-2-4-10(18(20,21)22)15(11)25-13(26)7-27-16-14-9-3-1-6-12(9)28-17(14)24-8-23-16/h2,4-5,8H,1,3,6-7H2,(H,25,26). The Kier molecular flexibility index (Phi) is 4.88. The summed E-state index contributed by atoms with van der Waals surface area (Å²) in [4.78, 5) is 22.6. The summed E-state index contributed by atoms with van der Waals surface area (Å²) in [7, 11) is 0. The van der Waals surface area contributed by atoms with Gasteiger partial charge in [0.1, 0.15) is 11.2 Å². The van der Waals surface area contributed by atoms with Crippen molar-refractivity contribution in [3.8, 4) is 5.88 Å². The molecule has 5 nitrogen and oxygen atoms in total. The molecule has 0 atom stereocenters. The van der Waals surface area contributed by atoms with Crippen molar-refractivity contribution in [2.75, 3.05) is 11.9 Å². The lowest BCUT2D eigenvalue weighted by molar-refractivity contribution is -0.137. The maximum absolute atomic E-state index is 13.1. The number of aromatic nitrogens is 2. The van der Waals surface area contributed by atoms with Crippen molar-refractivity contribution >= 4 is 44.7 Å². The minimum atomic E-state index is -4.65. The highest BCUT2D eigenvalue weighted by Gasteiger charge is 2.35. The number of anilines is 1. The lowest BCUT2D eigenvalue weighted by Crippen LogP contribution is -2.23. The monoisotopic (exact) mass is 427 g/mol. The van der Waals surface area contributed by atoms with Crippen LogP contribution in [0.2, 0.25) is 5.02 Å². The van der Waals surface area contributed by atoms with Gasteiger partial charge in [0.05, 0.1) is 21.7 Å². The normalized spacial score (nSPS) is 13.6. The van der Waals surface area contributed by atoms with Crippen LogP contribution in [-0.2, 0) is 23.8 Å². The Bertz CT molecular complexity index is 1070. The third kappa shape index (κ3) is 3.51. The fraction of sp³-hybridized carbons (Fsp3) is 0.278. The van der Waals surface area contributed by atoms with Crippen LogP contribution in [-0.4, -0.2) is 22.5 Å². The van der Waals surface area contributed by atoms with Gasteiger partial charge in [-0.05, 0) is 37.0 Å². The van der Waals surface area contributed by atoms with Gasteiger partial charge in [-0.25, -0.2) is 9.97 Å². The van der Waals surface area contributed by atoms with E-state index in [-0.39, 0.29) is 10.9 Å². The predicted molar refractivity (Wildman–Crippen MR) is 100 cm³/mol. The molecule has 2 heterocycles. The van der Waals surface area contributed by atoms with E-state index in [0.717, 1.165) is 41.1 Å². The first-order valence-corrected chi connectivity index (χ1v) is 9.57. The third-order valence-corrected chi connectivity index (χ3v) is 5.90. The topological polar surface area (TPSA) is 64.1 Å². The van der Waals surface area contributed by atoms with Gasteiger partial charge in [-0.1, -0.05) is 17.7 Å². The molecule has 10 heteroatoms. The molecule has 0 radical (unpaired) electrons. The molecule has 0 spiro atoms. The van der Waals surface area contributed by atoms with Gasteiger partial charge in [-0.2, -0.15) is 13.2 Å². The second-order valence-electron chi connectivity index (χ2n) is 6.21. The molecule has 146 valence electrons. The number of carbonyl (C=O) groups excluding carboxylic acids is 1. The van der Waals surface area contributed by atoms with E-state index < -0.39 is 29.9 Å². The molecule has 0 saturated heterocycles. The molecule has 0 aliphatic heterocycles. The Hall–Kier alpha value is -2.39. The summed E-state index contributed by atoms with van der Waals surface area (Å²) in [6, 6.07) is 3.30. The van der Waals surface area contributed by atoms with Crippen LogP contribution in [0.3, 0.4) is 0 Å². The van der Waals surface area contributed by atoms with E-state index >= 15 is 0 Å². The van der Waals surface area contributed by atoms with E-state index in [1.54, 1.807) is 11.3 Å². The zero-order valence-corrected chi connectivity index (χ0v) is 15.8. The van der Waals surface area contributed by atoms with E-state index in [4.69, 9.17) is 16.3 Å². The van der Waals surface area contributed by atoms with Crippen LogP contribution < -0.4 is 10.1 Å². The number of thiophene rings is 1. The summed E-state index contributed by atoms with van der Waals surface area (Å²) in [5.74, 6) is -0.507. The molecule has 1 N–H and O–H groups in total. The predicted octanol–water partition coefficient (Wildman–Crippen LogP) is 4.87.